The SMILES string of the molecule is CC/C=C/C=C/C=C/C=C/C=C/C=C/CCCCCC(=O)OC(COCCC(C(=O)O)[N+](C)(C)C)COC(=O)CCCCCCCCCCCC/C=C/C=C/CCCCC. The molecular formula is C52H86NO7+. The highest BCUT2D eigenvalue weighted by atomic mass is 16.6. The second-order valence-corrected chi connectivity index (χ2v) is 16.5. The van der Waals surface area contributed by atoms with E-state index >= 15 is 0 Å². The third-order valence-electron chi connectivity index (χ3n) is 9.91. The van der Waals surface area contributed by atoms with Crippen LogP contribution in [0.3, 0.4) is 0 Å². The molecule has 60 heavy (non-hydrogen) atoms. The number of carboxylic acid groups (broad SMARTS) is 1. The highest BCUT2D eigenvalue weighted by Crippen LogP contribution is 2.14. The summed E-state index contributed by atoms with van der Waals surface area (Å²) in [5.41, 5.74) is 0. The average molecular weight is 837 g/mol. The Kier molecular flexibility index (Phi) is 39.3. The molecule has 1 N–H and O–H groups in total. The number of rotatable bonds is 40. The molecule has 340 valence electrons. The lowest BCUT2D eigenvalue weighted by molar-refractivity contribution is -0.887. The van der Waals surface area contributed by atoms with Gasteiger partial charge in [0, 0.05) is 19.3 Å². The van der Waals surface area contributed by atoms with Crippen molar-refractivity contribution in [3.05, 3.63) is 97.2 Å². The molecule has 0 bridgehead atoms. The number of carbonyl (C=O) groups is 3. The van der Waals surface area contributed by atoms with Crippen molar-refractivity contribution in [1.29, 1.82) is 0 Å². The molecule has 0 radical (unpaired) electrons. The van der Waals surface area contributed by atoms with Gasteiger partial charge in [-0.15, -0.1) is 0 Å². The predicted molar refractivity (Wildman–Crippen MR) is 252 cm³/mol. The molecule has 0 aromatic carbocycles. The molecule has 0 saturated carbocycles. The van der Waals surface area contributed by atoms with E-state index in [1.807, 2.05) is 81.9 Å². The van der Waals surface area contributed by atoms with Crippen LogP contribution in [-0.4, -0.2) is 80.6 Å². The van der Waals surface area contributed by atoms with Crippen LogP contribution in [0, 0.1) is 0 Å². The Morgan fingerprint density at radius 3 is 1.42 bits per heavy atom. The summed E-state index contributed by atoms with van der Waals surface area (Å²) < 4.78 is 17.3. The van der Waals surface area contributed by atoms with Gasteiger partial charge >= 0.3 is 17.9 Å². The monoisotopic (exact) mass is 837 g/mol. The van der Waals surface area contributed by atoms with E-state index in [-0.39, 0.29) is 42.7 Å². The van der Waals surface area contributed by atoms with Gasteiger partial charge in [0.25, 0.3) is 0 Å². The molecule has 0 spiro atoms. The first-order valence-electron chi connectivity index (χ1n) is 23.4. The number of ether oxygens (including phenoxy) is 3. The molecule has 8 heteroatoms. The van der Waals surface area contributed by atoms with Gasteiger partial charge in [-0.3, -0.25) is 9.59 Å². The van der Waals surface area contributed by atoms with Crippen molar-refractivity contribution < 1.29 is 38.2 Å². The minimum absolute atomic E-state index is 0.0356. The second kappa shape index (κ2) is 42.0. The van der Waals surface area contributed by atoms with Crippen LogP contribution in [0.4, 0.5) is 0 Å². The van der Waals surface area contributed by atoms with E-state index in [1.54, 1.807) is 0 Å². The molecule has 0 heterocycles. The molecule has 0 aliphatic rings. The molecule has 2 atom stereocenters. The van der Waals surface area contributed by atoms with E-state index in [2.05, 4.69) is 50.3 Å². The minimum Gasteiger partial charge on any atom is -0.477 e. The lowest BCUT2D eigenvalue weighted by Gasteiger charge is -2.31. The summed E-state index contributed by atoms with van der Waals surface area (Å²) in [4.78, 5) is 37.1. The number of aliphatic carboxylic acids is 1. The van der Waals surface area contributed by atoms with E-state index < -0.39 is 18.1 Å². The Bertz CT molecular complexity index is 1300. The zero-order chi connectivity index (χ0) is 44.2. The van der Waals surface area contributed by atoms with Crippen molar-refractivity contribution in [3.8, 4) is 0 Å². The number of allylic oxidation sites excluding steroid dienone is 16. The molecule has 0 fully saturated rings. The van der Waals surface area contributed by atoms with Crippen molar-refractivity contribution in [2.75, 3.05) is 41.0 Å². The number of quaternary nitrogens is 1. The first kappa shape index (κ1) is 56.2. The second-order valence-electron chi connectivity index (χ2n) is 16.5. The van der Waals surface area contributed by atoms with Crippen LogP contribution >= 0.6 is 0 Å². The highest BCUT2D eigenvalue weighted by Gasteiger charge is 2.31. The van der Waals surface area contributed by atoms with Gasteiger partial charge in [0.05, 0.1) is 34.4 Å². The minimum atomic E-state index is -0.888. The number of hydrogen-bond donors (Lipinski definition) is 1. The van der Waals surface area contributed by atoms with Crippen LogP contribution in [0.2, 0.25) is 0 Å². The fraction of sp³-hybridized carbons (Fsp3) is 0.635. The van der Waals surface area contributed by atoms with Crippen LogP contribution in [0.15, 0.2) is 97.2 Å². The fourth-order valence-electron chi connectivity index (χ4n) is 6.29. The van der Waals surface area contributed by atoms with Crippen molar-refractivity contribution in [1.82, 2.24) is 0 Å². The van der Waals surface area contributed by atoms with Crippen LogP contribution < -0.4 is 0 Å². The standard InChI is InChI=1S/C52H85NO7/c1-6-8-10-12-14-16-18-20-22-24-25-27-28-30-32-34-36-38-40-42-50(54)59-47-48(46-58-45-44-49(52(56)57)53(3,4)5)60-51(55)43-41-39-37-35-33-31-29-26-23-21-19-17-15-13-11-9-7-2/h9,11,13-21,23,26,29,31,33,48-49H,6-8,10,12,22,24-25,27-28,30,32,34-47H2,1-5H3/p+1/b11-9+,15-13+,16-14+,19-17+,20-18+,23-21+,29-26+,33-31+. The zero-order valence-corrected chi connectivity index (χ0v) is 38.6. The van der Waals surface area contributed by atoms with E-state index in [1.165, 1.54) is 77.0 Å². The van der Waals surface area contributed by atoms with Gasteiger partial charge in [0.2, 0.25) is 0 Å². The third kappa shape index (κ3) is 39.7. The average Bonchev–Trinajstić information content (AvgIpc) is 3.21. The summed E-state index contributed by atoms with van der Waals surface area (Å²) in [7, 11) is 5.50. The summed E-state index contributed by atoms with van der Waals surface area (Å²) in [6.07, 6.45) is 55.9. The normalized spacial score (nSPS) is 13.8. The Morgan fingerprint density at radius 1 is 0.517 bits per heavy atom. The summed E-state index contributed by atoms with van der Waals surface area (Å²) >= 11 is 0. The Hall–Kier alpha value is -3.75. The van der Waals surface area contributed by atoms with Crippen molar-refractivity contribution in [3.63, 3.8) is 0 Å². The molecule has 0 aliphatic carbocycles. The maximum absolute atomic E-state index is 12.7. The van der Waals surface area contributed by atoms with E-state index in [0.717, 1.165) is 44.9 Å². The van der Waals surface area contributed by atoms with Crippen LogP contribution in [-0.2, 0) is 28.6 Å². The van der Waals surface area contributed by atoms with Crippen molar-refractivity contribution >= 4 is 17.9 Å². The van der Waals surface area contributed by atoms with Crippen LogP contribution in [0.1, 0.15) is 162 Å². The number of likely N-dealkylation sites (N-methyl/N-ethyl adjacent to an activating group) is 1. The smallest absolute Gasteiger partial charge is 0.362 e. The van der Waals surface area contributed by atoms with Gasteiger partial charge in [-0.2, -0.15) is 0 Å². The first-order valence-corrected chi connectivity index (χ1v) is 23.4. The van der Waals surface area contributed by atoms with Crippen molar-refractivity contribution in [2.45, 2.75) is 174 Å². The quantitative estimate of drug-likeness (QED) is 0.0284. The highest BCUT2D eigenvalue weighted by molar-refractivity contribution is 5.72. The lowest BCUT2D eigenvalue weighted by atomic mass is 10.1. The first-order chi connectivity index (χ1) is 29.1. The largest absolute Gasteiger partial charge is 0.477 e. The number of nitrogens with zero attached hydrogens (tertiary/aromatic N) is 1. The summed E-state index contributed by atoms with van der Waals surface area (Å²) in [5, 5.41) is 9.63. The molecule has 0 aliphatic heterocycles. The van der Waals surface area contributed by atoms with Gasteiger partial charge in [-0.1, -0.05) is 182 Å². The number of hydrogen-bond acceptors (Lipinski definition) is 6. The molecule has 8 nitrogen and oxygen atoms in total. The van der Waals surface area contributed by atoms with Gasteiger partial charge in [-0.25, -0.2) is 4.79 Å². The van der Waals surface area contributed by atoms with E-state index in [9.17, 15) is 19.5 Å². The number of carbonyl (C=O) groups excluding carboxylic acids is 2. The summed E-state index contributed by atoms with van der Waals surface area (Å²) in [6.45, 7) is 4.50. The molecule has 0 aromatic rings. The molecule has 0 aromatic heterocycles. The number of carboxylic acids is 1. The molecule has 0 rings (SSSR count). The molecule has 2 unspecified atom stereocenters. The number of unbranched alkanes of at least 4 members (excludes halogenated alkanes) is 16. The molecule has 0 saturated heterocycles. The van der Waals surface area contributed by atoms with Crippen LogP contribution in [0.5, 0.6) is 0 Å². The Labute approximate surface area is 366 Å². The summed E-state index contributed by atoms with van der Waals surface area (Å²) in [5.74, 6) is -1.54. The Balaban J connectivity index is 4.41. The van der Waals surface area contributed by atoms with E-state index in [0.29, 0.717) is 19.3 Å². The van der Waals surface area contributed by atoms with Gasteiger partial charge in [0.1, 0.15) is 6.61 Å². The maximum Gasteiger partial charge on any atom is 0.362 e. The van der Waals surface area contributed by atoms with Gasteiger partial charge < -0.3 is 23.8 Å². The van der Waals surface area contributed by atoms with Crippen LogP contribution in [0.25, 0.3) is 0 Å². The van der Waals surface area contributed by atoms with Gasteiger partial charge in [0.15, 0.2) is 12.1 Å². The zero-order valence-electron chi connectivity index (χ0n) is 38.6. The molecule has 0 amide bonds. The summed E-state index contributed by atoms with van der Waals surface area (Å²) in [6, 6.07) is -0.630. The number of esters is 2. The predicted octanol–water partition coefficient (Wildman–Crippen LogP) is 13.1. The fourth-order valence-corrected chi connectivity index (χ4v) is 6.29. The Morgan fingerprint density at radius 2 is 0.933 bits per heavy atom. The maximum atomic E-state index is 12.7. The van der Waals surface area contributed by atoms with Gasteiger partial charge in [-0.05, 0) is 57.8 Å². The lowest BCUT2D eigenvalue weighted by Crippen LogP contribution is -2.50. The molecular weight excluding hydrogens is 751 g/mol. The van der Waals surface area contributed by atoms with Crippen molar-refractivity contribution in [2.24, 2.45) is 0 Å². The van der Waals surface area contributed by atoms with E-state index in [4.69, 9.17) is 14.2 Å². The topological polar surface area (TPSA) is 99.1 Å². The third-order valence-corrected chi connectivity index (χ3v) is 9.91.